The molecule has 0 saturated carbocycles. The number of H-pyrrole nitrogens is 1. The molecule has 2 aromatic heterocycles. The first-order valence-corrected chi connectivity index (χ1v) is 9.86. The number of thiophene rings is 1. The largest absolute Gasteiger partial charge is 0.383 e. The van der Waals surface area contributed by atoms with Crippen molar-refractivity contribution in [2.45, 2.75) is 25.9 Å². The minimum Gasteiger partial charge on any atom is -0.383 e. The highest BCUT2D eigenvalue weighted by Crippen LogP contribution is 2.23. The van der Waals surface area contributed by atoms with E-state index >= 15 is 0 Å². The van der Waals surface area contributed by atoms with Gasteiger partial charge in [0, 0.05) is 30.2 Å². The van der Waals surface area contributed by atoms with Gasteiger partial charge in [0.2, 0.25) is 0 Å². The topological polar surface area (TPSA) is 72.4 Å². The van der Waals surface area contributed by atoms with Crippen LogP contribution in [-0.4, -0.2) is 35.7 Å². The monoisotopic (exact) mass is 498 g/mol. The van der Waals surface area contributed by atoms with E-state index in [9.17, 15) is 5.11 Å². The molecule has 5 nitrogen and oxygen atoms in total. The van der Waals surface area contributed by atoms with Crippen molar-refractivity contribution >= 4 is 52.2 Å². The predicted molar refractivity (Wildman–Crippen MR) is 125 cm³/mol. The van der Waals surface area contributed by atoms with Crippen LogP contribution in [0.3, 0.4) is 0 Å². The summed E-state index contributed by atoms with van der Waals surface area (Å²) in [5.41, 5.74) is 2.39. The van der Waals surface area contributed by atoms with Gasteiger partial charge in [-0.3, -0.25) is 0 Å². The second-order valence-corrected chi connectivity index (χ2v) is 7.30. The molecule has 1 atom stereocenters. The molecular formula is C20H27IN4OS. The van der Waals surface area contributed by atoms with Crippen molar-refractivity contribution in [2.75, 3.05) is 19.6 Å². The van der Waals surface area contributed by atoms with Crippen molar-refractivity contribution in [3.8, 4) is 0 Å². The molecule has 3 aromatic rings. The zero-order valence-electron chi connectivity index (χ0n) is 15.7. The molecule has 0 radical (unpaired) electrons. The summed E-state index contributed by atoms with van der Waals surface area (Å²) in [5, 5.41) is 22.4. The molecule has 3 rings (SSSR count). The van der Waals surface area contributed by atoms with E-state index < -0.39 is 5.60 Å². The lowest BCUT2D eigenvalue weighted by Crippen LogP contribution is -2.39. The number of aromatic amines is 1. The van der Waals surface area contributed by atoms with Crippen LogP contribution in [0.4, 0.5) is 0 Å². The average molecular weight is 498 g/mol. The number of guanidine groups is 1. The summed E-state index contributed by atoms with van der Waals surface area (Å²) in [6.45, 7) is 5.70. The highest BCUT2D eigenvalue weighted by Gasteiger charge is 2.23. The minimum atomic E-state index is -0.959. The van der Waals surface area contributed by atoms with E-state index in [0.717, 1.165) is 36.6 Å². The van der Waals surface area contributed by atoms with Crippen molar-refractivity contribution in [2.24, 2.45) is 4.99 Å². The van der Waals surface area contributed by atoms with Gasteiger partial charge in [-0.1, -0.05) is 18.2 Å². The quantitative estimate of drug-likeness (QED) is 0.227. The van der Waals surface area contributed by atoms with Crippen LogP contribution in [0.2, 0.25) is 0 Å². The smallest absolute Gasteiger partial charge is 0.191 e. The van der Waals surface area contributed by atoms with Crippen LogP contribution in [0.25, 0.3) is 10.9 Å². The van der Waals surface area contributed by atoms with Gasteiger partial charge in [0.1, 0.15) is 5.60 Å². The highest BCUT2D eigenvalue weighted by molar-refractivity contribution is 14.0. The Hall–Kier alpha value is -1.58. The van der Waals surface area contributed by atoms with Gasteiger partial charge in [0.15, 0.2) is 5.96 Å². The summed E-state index contributed by atoms with van der Waals surface area (Å²) in [7, 11) is 0. The lowest BCUT2D eigenvalue weighted by Gasteiger charge is -2.21. The summed E-state index contributed by atoms with van der Waals surface area (Å²) in [5.74, 6) is 0.725. The fourth-order valence-corrected chi connectivity index (χ4v) is 3.67. The summed E-state index contributed by atoms with van der Waals surface area (Å²) < 4.78 is 0. The first kappa shape index (κ1) is 21.7. The number of aromatic nitrogens is 1. The minimum absolute atomic E-state index is 0. The third-order valence-electron chi connectivity index (χ3n) is 4.39. The predicted octanol–water partition coefficient (Wildman–Crippen LogP) is 3.85. The van der Waals surface area contributed by atoms with Crippen molar-refractivity contribution < 1.29 is 5.11 Å². The fourth-order valence-electron chi connectivity index (χ4n) is 2.89. The maximum absolute atomic E-state index is 10.6. The SMILES string of the molecule is CCNC(=NCC(C)(O)c1ccsc1)NCCc1c[nH]c2ccccc12.I. The number of halogens is 1. The van der Waals surface area contributed by atoms with E-state index in [2.05, 4.69) is 45.0 Å². The number of nitrogens with zero attached hydrogens (tertiary/aromatic N) is 1. The Morgan fingerprint density at radius 3 is 2.81 bits per heavy atom. The second-order valence-electron chi connectivity index (χ2n) is 6.52. The molecule has 27 heavy (non-hydrogen) atoms. The molecule has 7 heteroatoms. The van der Waals surface area contributed by atoms with Gasteiger partial charge in [0.05, 0.1) is 6.54 Å². The number of rotatable bonds is 7. The zero-order valence-corrected chi connectivity index (χ0v) is 18.8. The Labute approximate surface area is 181 Å². The molecule has 0 aliphatic heterocycles. The Morgan fingerprint density at radius 2 is 2.07 bits per heavy atom. The molecule has 0 amide bonds. The molecule has 0 aliphatic carbocycles. The van der Waals surface area contributed by atoms with Crippen LogP contribution in [0, 0.1) is 0 Å². The van der Waals surface area contributed by atoms with Crippen LogP contribution >= 0.6 is 35.3 Å². The summed E-state index contributed by atoms with van der Waals surface area (Å²) in [4.78, 5) is 7.87. The van der Waals surface area contributed by atoms with Gasteiger partial charge >= 0.3 is 0 Å². The lowest BCUT2D eigenvalue weighted by atomic mass is 10.00. The third kappa shape index (κ3) is 5.70. The molecule has 4 N–H and O–H groups in total. The first-order chi connectivity index (χ1) is 12.6. The second kappa shape index (κ2) is 10.1. The summed E-state index contributed by atoms with van der Waals surface area (Å²) in [6, 6.07) is 10.3. The Balaban J connectivity index is 0.00000261. The Bertz CT molecular complexity index is 858. The van der Waals surface area contributed by atoms with Gasteiger partial charge in [-0.2, -0.15) is 11.3 Å². The van der Waals surface area contributed by atoms with Gasteiger partial charge in [-0.15, -0.1) is 24.0 Å². The summed E-state index contributed by atoms with van der Waals surface area (Å²) >= 11 is 1.58. The number of hydrogen-bond donors (Lipinski definition) is 4. The van der Waals surface area contributed by atoms with Gasteiger partial charge in [0.25, 0.3) is 0 Å². The number of nitrogens with one attached hydrogen (secondary N) is 3. The molecule has 1 unspecified atom stereocenters. The lowest BCUT2D eigenvalue weighted by molar-refractivity contribution is 0.0677. The van der Waals surface area contributed by atoms with Crippen LogP contribution < -0.4 is 10.6 Å². The van der Waals surface area contributed by atoms with E-state index in [0.29, 0.717) is 6.54 Å². The molecule has 0 bridgehead atoms. The van der Waals surface area contributed by atoms with Crippen molar-refractivity contribution in [1.82, 2.24) is 15.6 Å². The van der Waals surface area contributed by atoms with Gasteiger partial charge < -0.3 is 20.7 Å². The van der Waals surface area contributed by atoms with Crippen molar-refractivity contribution in [3.63, 3.8) is 0 Å². The van der Waals surface area contributed by atoms with Crippen LogP contribution in [0.15, 0.2) is 52.3 Å². The molecule has 0 fully saturated rings. The van der Waals surface area contributed by atoms with Crippen LogP contribution in [0.5, 0.6) is 0 Å². The van der Waals surface area contributed by atoms with E-state index in [1.165, 1.54) is 10.9 Å². The van der Waals surface area contributed by atoms with Gasteiger partial charge in [-0.05, 0) is 54.3 Å². The van der Waals surface area contributed by atoms with E-state index in [1.807, 2.05) is 29.8 Å². The molecule has 0 aliphatic rings. The van der Waals surface area contributed by atoms with E-state index in [-0.39, 0.29) is 24.0 Å². The van der Waals surface area contributed by atoms with E-state index in [1.54, 1.807) is 18.3 Å². The first-order valence-electron chi connectivity index (χ1n) is 8.92. The van der Waals surface area contributed by atoms with E-state index in [4.69, 9.17) is 0 Å². The van der Waals surface area contributed by atoms with Gasteiger partial charge in [-0.25, -0.2) is 4.99 Å². The molecule has 146 valence electrons. The summed E-state index contributed by atoms with van der Waals surface area (Å²) in [6.07, 6.45) is 2.97. The Morgan fingerprint density at radius 1 is 1.26 bits per heavy atom. The van der Waals surface area contributed by atoms with Crippen LogP contribution in [0.1, 0.15) is 25.0 Å². The third-order valence-corrected chi connectivity index (χ3v) is 5.08. The average Bonchev–Trinajstić information content (AvgIpc) is 3.30. The molecular weight excluding hydrogens is 471 g/mol. The van der Waals surface area contributed by atoms with Crippen molar-refractivity contribution in [1.29, 1.82) is 0 Å². The number of hydrogen-bond acceptors (Lipinski definition) is 3. The maximum Gasteiger partial charge on any atom is 0.191 e. The normalized spacial score (nSPS) is 13.8. The van der Waals surface area contributed by atoms with Crippen molar-refractivity contribution in [3.05, 3.63) is 58.4 Å². The maximum atomic E-state index is 10.6. The molecule has 2 heterocycles. The number of aliphatic hydroxyl groups is 1. The fraction of sp³-hybridized carbons (Fsp3) is 0.350. The van der Waals surface area contributed by atoms with Crippen LogP contribution in [-0.2, 0) is 12.0 Å². The molecule has 0 saturated heterocycles. The number of benzene rings is 1. The highest BCUT2D eigenvalue weighted by atomic mass is 127. The molecule has 1 aromatic carbocycles. The number of para-hydroxylation sites is 1. The zero-order chi connectivity index (χ0) is 18.4. The molecule has 0 spiro atoms. The Kier molecular flexibility index (Phi) is 8.12. The number of aliphatic imine (C=N–C) groups is 1. The number of fused-ring (bicyclic) bond motifs is 1. The standard InChI is InChI=1S/C20H26N4OS.HI/c1-3-21-19(24-14-20(2,25)16-9-11-26-13-16)22-10-8-15-12-23-18-7-5-4-6-17(15)18;/h4-7,9,11-13,23,25H,3,8,10,14H2,1-2H3,(H2,21,22,24);1H.